The van der Waals surface area contributed by atoms with Crippen LogP contribution in [0.2, 0.25) is 0 Å². The number of benzene rings is 1. The van der Waals surface area contributed by atoms with E-state index in [-0.39, 0.29) is 24.2 Å². The maximum absolute atomic E-state index is 14.0. The van der Waals surface area contributed by atoms with Crippen molar-refractivity contribution < 1.29 is 9.18 Å². The van der Waals surface area contributed by atoms with Gasteiger partial charge in [0.15, 0.2) is 0 Å². The normalized spacial score (nSPS) is 22.9. The molecule has 1 aromatic rings. The monoisotopic (exact) mass is 525 g/mol. The first-order chi connectivity index (χ1) is 18.2. The van der Waals surface area contributed by atoms with E-state index in [4.69, 9.17) is 5.73 Å². The molecule has 3 fully saturated rings. The van der Waals surface area contributed by atoms with Gasteiger partial charge in [0.1, 0.15) is 11.6 Å². The molecule has 4 rings (SSSR count). The van der Waals surface area contributed by atoms with Crippen LogP contribution in [0.1, 0.15) is 71.8 Å². The number of rotatable bonds is 7. The molecule has 38 heavy (non-hydrogen) atoms. The van der Waals surface area contributed by atoms with Gasteiger partial charge in [0.25, 0.3) is 0 Å². The van der Waals surface area contributed by atoms with E-state index in [1.807, 2.05) is 17.0 Å². The van der Waals surface area contributed by atoms with Crippen molar-refractivity contribution >= 4 is 11.5 Å². The molecule has 1 atom stereocenters. The first-order valence-corrected chi connectivity index (χ1v) is 14.7. The molecule has 0 aromatic heterocycles. The lowest BCUT2D eigenvalue weighted by Crippen LogP contribution is -2.61. The number of carbonyl (C=O) groups is 1. The minimum Gasteiger partial charge on any atom is -0.358 e. The zero-order valence-corrected chi connectivity index (χ0v) is 24.0. The quantitative estimate of drug-likeness (QED) is 0.550. The van der Waals surface area contributed by atoms with Crippen LogP contribution in [-0.4, -0.2) is 82.9 Å². The molecule has 1 unspecified atom stereocenters. The van der Waals surface area contributed by atoms with Crippen molar-refractivity contribution in [2.75, 3.05) is 45.8 Å². The van der Waals surface area contributed by atoms with Gasteiger partial charge < -0.3 is 25.3 Å². The van der Waals surface area contributed by atoms with E-state index >= 15 is 0 Å². The van der Waals surface area contributed by atoms with Crippen LogP contribution in [0.3, 0.4) is 0 Å². The molecule has 3 aliphatic rings. The van der Waals surface area contributed by atoms with Gasteiger partial charge in [-0.2, -0.15) is 0 Å². The molecule has 0 spiro atoms. The fourth-order valence-electron chi connectivity index (χ4n) is 6.56. The fourth-order valence-corrected chi connectivity index (χ4v) is 6.56. The summed E-state index contributed by atoms with van der Waals surface area (Å²) in [6, 6.07) is 7.60. The number of piperazine rings is 1. The van der Waals surface area contributed by atoms with Gasteiger partial charge in [0.05, 0.1) is 12.1 Å². The maximum Gasteiger partial charge on any atom is 0.237 e. The lowest BCUT2D eigenvalue weighted by molar-refractivity contribution is -0.136. The molecule has 0 aliphatic carbocycles. The summed E-state index contributed by atoms with van der Waals surface area (Å²) in [6.45, 7) is 18.8. The lowest BCUT2D eigenvalue weighted by atomic mass is 9.88. The molecule has 2 N–H and O–H groups in total. The molecular formula is C31H48FN5O. The number of likely N-dealkylation sites (tertiary alicyclic amines) is 2. The predicted molar refractivity (Wildman–Crippen MR) is 153 cm³/mol. The highest BCUT2D eigenvalue weighted by molar-refractivity contribution is 5.79. The molecule has 6 nitrogen and oxygen atoms in total. The van der Waals surface area contributed by atoms with Crippen molar-refractivity contribution in [1.82, 2.24) is 19.6 Å². The minimum atomic E-state index is -0.560. The van der Waals surface area contributed by atoms with Gasteiger partial charge in [-0.25, -0.2) is 4.39 Å². The number of halogens is 1. The van der Waals surface area contributed by atoms with Gasteiger partial charge >= 0.3 is 0 Å². The van der Waals surface area contributed by atoms with Crippen LogP contribution >= 0.6 is 0 Å². The number of nitrogens with two attached hydrogens (primary N) is 1. The van der Waals surface area contributed by atoms with Gasteiger partial charge in [0.2, 0.25) is 5.91 Å². The number of carbonyl (C=O) groups excluding carboxylic acids is 1. The highest BCUT2D eigenvalue weighted by atomic mass is 19.1. The zero-order valence-electron chi connectivity index (χ0n) is 24.0. The SMILES string of the molecule is C=C1N(/C(=C(/c2ccc(F)cc2)C(C)CC)N2CCC(N3CCCCC3)CC2)CCN(C(=O)CN)C1(C)C. The highest BCUT2D eigenvalue weighted by Gasteiger charge is 2.42. The molecule has 210 valence electrons. The summed E-state index contributed by atoms with van der Waals surface area (Å²) in [5, 5.41) is 0. The van der Waals surface area contributed by atoms with E-state index in [2.05, 4.69) is 49.0 Å². The van der Waals surface area contributed by atoms with Crippen molar-refractivity contribution in [3.8, 4) is 0 Å². The van der Waals surface area contributed by atoms with Gasteiger partial charge in [0, 0.05) is 43.5 Å². The number of piperidine rings is 2. The molecule has 7 heteroatoms. The van der Waals surface area contributed by atoms with Crippen LogP contribution in [0.5, 0.6) is 0 Å². The number of allylic oxidation sites excluding steroid dienone is 1. The van der Waals surface area contributed by atoms with Crippen LogP contribution in [0.15, 0.2) is 42.4 Å². The first-order valence-electron chi connectivity index (χ1n) is 14.7. The van der Waals surface area contributed by atoms with Crippen molar-refractivity contribution in [2.24, 2.45) is 11.7 Å². The summed E-state index contributed by atoms with van der Waals surface area (Å²) < 4.78 is 14.0. The Kier molecular flexibility index (Phi) is 9.19. The molecule has 3 heterocycles. The van der Waals surface area contributed by atoms with Crippen molar-refractivity contribution in [3.05, 3.63) is 53.7 Å². The fraction of sp³-hybridized carbons (Fsp3) is 0.645. The summed E-state index contributed by atoms with van der Waals surface area (Å²) in [5.41, 5.74) is 8.40. The number of nitrogens with zero attached hydrogens (tertiary/aromatic N) is 4. The Morgan fingerprint density at radius 3 is 2.26 bits per heavy atom. The molecule has 1 amide bonds. The second-order valence-electron chi connectivity index (χ2n) is 11.8. The standard InChI is InChI=1S/C31H48FN5O/c1-6-23(2)29(25-10-12-26(32)13-11-25)30(35-18-14-27(15-19-35)34-16-8-7-9-17-34)36-20-21-37(28(38)22-33)31(4,5)24(36)3/h10-13,23,27H,3,6-9,14-22,33H2,1-2,4-5H3/b30-29+. The second kappa shape index (κ2) is 12.2. The average Bonchev–Trinajstić information content (AvgIpc) is 2.94. The Bertz CT molecular complexity index is 1010. The van der Waals surface area contributed by atoms with Crippen LogP contribution in [0.25, 0.3) is 5.57 Å². The third-order valence-corrected chi connectivity index (χ3v) is 9.16. The zero-order chi connectivity index (χ0) is 27.4. The van der Waals surface area contributed by atoms with Gasteiger partial charge in [-0.1, -0.05) is 39.0 Å². The molecule has 0 radical (unpaired) electrons. The first kappa shape index (κ1) is 28.6. The van der Waals surface area contributed by atoms with Gasteiger partial charge in [-0.05, 0) is 82.7 Å². The largest absolute Gasteiger partial charge is 0.358 e. The maximum atomic E-state index is 14.0. The summed E-state index contributed by atoms with van der Waals surface area (Å²) in [5.74, 6) is 1.18. The summed E-state index contributed by atoms with van der Waals surface area (Å²) >= 11 is 0. The molecule has 0 bridgehead atoms. The third-order valence-electron chi connectivity index (χ3n) is 9.16. The minimum absolute atomic E-state index is 0.00286. The van der Waals surface area contributed by atoms with Crippen molar-refractivity contribution in [2.45, 2.75) is 77.8 Å². The molecule has 3 aliphatic heterocycles. The third kappa shape index (κ3) is 5.79. The predicted octanol–water partition coefficient (Wildman–Crippen LogP) is 4.89. The number of hydrogen-bond acceptors (Lipinski definition) is 5. The Hall–Kier alpha value is -2.38. The van der Waals surface area contributed by atoms with E-state index in [1.165, 1.54) is 43.7 Å². The van der Waals surface area contributed by atoms with Crippen LogP contribution in [0, 0.1) is 11.7 Å². The Morgan fingerprint density at radius 2 is 1.68 bits per heavy atom. The van der Waals surface area contributed by atoms with Gasteiger partial charge in [-0.3, -0.25) is 4.79 Å². The van der Waals surface area contributed by atoms with E-state index in [0.29, 0.717) is 19.1 Å². The Balaban J connectivity index is 1.74. The second-order valence-corrected chi connectivity index (χ2v) is 11.8. The number of amides is 1. The molecule has 1 aromatic carbocycles. The molecule has 3 saturated heterocycles. The highest BCUT2D eigenvalue weighted by Crippen LogP contribution is 2.40. The summed E-state index contributed by atoms with van der Waals surface area (Å²) in [6.07, 6.45) is 7.24. The molecular weight excluding hydrogens is 477 g/mol. The van der Waals surface area contributed by atoms with Crippen LogP contribution < -0.4 is 5.73 Å². The average molecular weight is 526 g/mol. The molecule has 0 saturated carbocycles. The van der Waals surface area contributed by atoms with E-state index in [1.54, 1.807) is 12.1 Å². The topological polar surface area (TPSA) is 56.0 Å². The van der Waals surface area contributed by atoms with E-state index in [0.717, 1.165) is 43.6 Å². The van der Waals surface area contributed by atoms with E-state index in [9.17, 15) is 9.18 Å². The summed E-state index contributed by atoms with van der Waals surface area (Å²) in [7, 11) is 0. The van der Waals surface area contributed by atoms with Gasteiger partial charge in [-0.15, -0.1) is 0 Å². The van der Waals surface area contributed by atoms with Crippen LogP contribution in [-0.2, 0) is 4.79 Å². The smallest absolute Gasteiger partial charge is 0.237 e. The lowest BCUT2D eigenvalue weighted by Gasteiger charge is -2.53. The van der Waals surface area contributed by atoms with Crippen molar-refractivity contribution in [3.63, 3.8) is 0 Å². The van der Waals surface area contributed by atoms with Crippen LogP contribution in [0.4, 0.5) is 4.39 Å². The summed E-state index contributed by atoms with van der Waals surface area (Å²) in [4.78, 5) is 22.2. The Morgan fingerprint density at radius 1 is 1.05 bits per heavy atom. The Labute approximate surface area is 229 Å². The van der Waals surface area contributed by atoms with Crippen molar-refractivity contribution in [1.29, 1.82) is 0 Å². The van der Waals surface area contributed by atoms with E-state index < -0.39 is 5.54 Å². The number of hydrogen-bond donors (Lipinski definition) is 1.